The predicted octanol–water partition coefficient (Wildman–Crippen LogP) is 3.02. The standard InChI is InChI=1S/C13H17NS/c1-2-4-13(15-11-5-6-11)12(3-1)10-7-8-14-9-10/h1-4,10-11,14H,5-9H2. The summed E-state index contributed by atoms with van der Waals surface area (Å²) in [4.78, 5) is 1.54. The first-order valence-electron chi connectivity index (χ1n) is 5.90. The van der Waals surface area contributed by atoms with E-state index in [1.54, 1.807) is 5.56 Å². The molecule has 0 radical (unpaired) electrons. The van der Waals surface area contributed by atoms with Crippen molar-refractivity contribution in [2.45, 2.75) is 35.3 Å². The van der Waals surface area contributed by atoms with Gasteiger partial charge >= 0.3 is 0 Å². The lowest BCUT2D eigenvalue weighted by molar-refractivity contribution is 0.747. The van der Waals surface area contributed by atoms with E-state index in [9.17, 15) is 0 Å². The van der Waals surface area contributed by atoms with Crippen LogP contribution >= 0.6 is 11.8 Å². The Bertz CT molecular complexity index is 340. The van der Waals surface area contributed by atoms with E-state index < -0.39 is 0 Å². The summed E-state index contributed by atoms with van der Waals surface area (Å²) in [6.07, 6.45) is 4.14. The van der Waals surface area contributed by atoms with Crippen LogP contribution in [0.1, 0.15) is 30.7 Å². The maximum absolute atomic E-state index is 3.46. The Labute approximate surface area is 95.6 Å². The Morgan fingerprint density at radius 2 is 2.00 bits per heavy atom. The first-order valence-corrected chi connectivity index (χ1v) is 6.78. The number of hydrogen-bond acceptors (Lipinski definition) is 2. The van der Waals surface area contributed by atoms with Crippen molar-refractivity contribution in [1.29, 1.82) is 0 Å². The van der Waals surface area contributed by atoms with Crippen molar-refractivity contribution in [3.05, 3.63) is 29.8 Å². The van der Waals surface area contributed by atoms with E-state index in [4.69, 9.17) is 0 Å². The van der Waals surface area contributed by atoms with E-state index in [0.717, 1.165) is 11.2 Å². The molecular weight excluding hydrogens is 202 g/mol. The van der Waals surface area contributed by atoms with Crippen LogP contribution in [-0.2, 0) is 0 Å². The summed E-state index contributed by atoms with van der Waals surface area (Å²) < 4.78 is 0. The highest BCUT2D eigenvalue weighted by atomic mass is 32.2. The largest absolute Gasteiger partial charge is 0.316 e. The molecule has 1 saturated carbocycles. The van der Waals surface area contributed by atoms with Gasteiger partial charge in [0.05, 0.1) is 0 Å². The first kappa shape index (κ1) is 9.73. The van der Waals surface area contributed by atoms with Crippen molar-refractivity contribution in [3.8, 4) is 0 Å². The van der Waals surface area contributed by atoms with Gasteiger partial charge in [0.25, 0.3) is 0 Å². The molecular formula is C13H17NS. The summed E-state index contributed by atoms with van der Waals surface area (Å²) in [5, 5.41) is 4.37. The van der Waals surface area contributed by atoms with E-state index in [-0.39, 0.29) is 0 Å². The molecule has 1 atom stereocenters. The van der Waals surface area contributed by atoms with Crippen LogP contribution in [0.3, 0.4) is 0 Å². The minimum Gasteiger partial charge on any atom is -0.316 e. The van der Waals surface area contributed by atoms with Gasteiger partial charge in [0, 0.05) is 16.7 Å². The molecule has 80 valence electrons. The average molecular weight is 219 g/mol. The van der Waals surface area contributed by atoms with Crippen molar-refractivity contribution in [1.82, 2.24) is 5.32 Å². The third kappa shape index (κ3) is 2.21. The van der Waals surface area contributed by atoms with Crippen LogP contribution in [0.2, 0.25) is 0 Å². The van der Waals surface area contributed by atoms with Crippen molar-refractivity contribution in [2.24, 2.45) is 0 Å². The van der Waals surface area contributed by atoms with Crippen LogP contribution in [0.4, 0.5) is 0 Å². The maximum atomic E-state index is 3.46. The molecule has 1 heterocycles. The third-order valence-electron chi connectivity index (χ3n) is 3.24. The van der Waals surface area contributed by atoms with E-state index in [1.165, 1.54) is 37.2 Å². The molecule has 2 fully saturated rings. The van der Waals surface area contributed by atoms with E-state index in [2.05, 4.69) is 41.3 Å². The van der Waals surface area contributed by atoms with Gasteiger partial charge in [-0.25, -0.2) is 0 Å². The molecule has 0 bridgehead atoms. The van der Waals surface area contributed by atoms with Crippen molar-refractivity contribution < 1.29 is 0 Å². The SMILES string of the molecule is c1ccc(C2CCNC2)c(SC2CC2)c1. The fourth-order valence-electron chi connectivity index (χ4n) is 2.21. The summed E-state index contributed by atoms with van der Waals surface area (Å²) in [6.45, 7) is 2.36. The third-order valence-corrected chi connectivity index (χ3v) is 4.67. The van der Waals surface area contributed by atoms with Crippen LogP contribution in [0.15, 0.2) is 29.2 Å². The molecule has 1 nitrogen and oxygen atoms in total. The van der Waals surface area contributed by atoms with E-state index >= 15 is 0 Å². The lowest BCUT2D eigenvalue weighted by atomic mass is 9.99. The zero-order valence-corrected chi connectivity index (χ0v) is 9.72. The second-order valence-electron chi connectivity index (χ2n) is 4.54. The Balaban J connectivity index is 1.83. The van der Waals surface area contributed by atoms with Crippen LogP contribution in [0.25, 0.3) is 0 Å². The lowest BCUT2D eigenvalue weighted by Gasteiger charge is -2.13. The zero-order chi connectivity index (χ0) is 10.1. The molecule has 1 aliphatic heterocycles. The Morgan fingerprint density at radius 3 is 2.73 bits per heavy atom. The van der Waals surface area contributed by atoms with Gasteiger partial charge in [0.2, 0.25) is 0 Å². The summed E-state index contributed by atoms with van der Waals surface area (Å²) in [5.74, 6) is 0.757. The molecule has 0 amide bonds. The van der Waals surface area contributed by atoms with E-state index in [0.29, 0.717) is 0 Å². The minimum absolute atomic E-state index is 0.757. The van der Waals surface area contributed by atoms with Gasteiger partial charge in [0.15, 0.2) is 0 Å². The van der Waals surface area contributed by atoms with Crippen LogP contribution in [0, 0.1) is 0 Å². The Kier molecular flexibility index (Phi) is 2.72. The molecule has 2 heteroatoms. The normalized spacial score (nSPS) is 25.7. The molecule has 2 aliphatic rings. The average Bonchev–Trinajstić information content (AvgIpc) is 2.93. The van der Waals surface area contributed by atoms with Gasteiger partial charge in [-0.2, -0.15) is 0 Å². The molecule has 1 aliphatic carbocycles. The fraction of sp³-hybridized carbons (Fsp3) is 0.538. The van der Waals surface area contributed by atoms with Gasteiger partial charge in [-0.1, -0.05) is 18.2 Å². The Hall–Kier alpha value is -0.470. The number of benzene rings is 1. The second-order valence-corrected chi connectivity index (χ2v) is 5.89. The number of thioether (sulfide) groups is 1. The van der Waals surface area contributed by atoms with Crippen molar-refractivity contribution >= 4 is 11.8 Å². The van der Waals surface area contributed by atoms with Gasteiger partial charge in [0.1, 0.15) is 0 Å². The first-order chi connectivity index (χ1) is 7.43. The van der Waals surface area contributed by atoms with Gasteiger partial charge in [-0.05, 0) is 43.4 Å². The highest BCUT2D eigenvalue weighted by molar-refractivity contribution is 8.00. The van der Waals surface area contributed by atoms with Crippen LogP contribution in [-0.4, -0.2) is 18.3 Å². The highest BCUT2D eigenvalue weighted by Crippen LogP contribution is 2.42. The van der Waals surface area contributed by atoms with Crippen molar-refractivity contribution in [3.63, 3.8) is 0 Å². The van der Waals surface area contributed by atoms with E-state index in [1.807, 2.05) is 0 Å². The fourth-order valence-corrected chi connectivity index (χ4v) is 3.47. The number of nitrogens with one attached hydrogen (secondary N) is 1. The zero-order valence-electron chi connectivity index (χ0n) is 8.91. The molecule has 1 aromatic carbocycles. The minimum atomic E-state index is 0.757. The predicted molar refractivity (Wildman–Crippen MR) is 65.5 cm³/mol. The molecule has 0 aromatic heterocycles. The lowest BCUT2D eigenvalue weighted by Crippen LogP contribution is -2.08. The molecule has 3 rings (SSSR count). The second kappa shape index (κ2) is 4.18. The van der Waals surface area contributed by atoms with Crippen molar-refractivity contribution in [2.75, 3.05) is 13.1 Å². The number of hydrogen-bond donors (Lipinski definition) is 1. The Morgan fingerprint density at radius 1 is 1.13 bits per heavy atom. The topological polar surface area (TPSA) is 12.0 Å². The van der Waals surface area contributed by atoms with Crippen LogP contribution < -0.4 is 5.32 Å². The summed E-state index contributed by atoms with van der Waals surface area (Å²) >= 11 is 2.10. The van der Waals surface area contributed by atoms with Gasteiger partial charge in [-0.3, -0.25) is 0 Å². The summed E-state index contributed by atoms with van der Waals surface area (Å²) in [6, 6.07) is 8.99. The summed E-state index contributed by atoms with van der Waals surface area (Å²) in [5.41, 5.74) is 1.58. The molecule has 1 N–H and O–H groups in total. The summed E-state index contributed by atoms with van der Waals surface area (Å²) in [7, 11) is 0. The molecule has 1 unspecified atom stereocenters. The monoisotopic (exact) mass is 219 g/mol. The van der Waals surface area contributed by atoms with Gasteiger partial charge in [-0.15, -0.1) is 11.8 Å². The molecule has 1 aromatic rings. The smallest absolute Gasteiger partial charge is 0.0110 e. The molecule has 0 spiro atoms. The highest BCUT2D eigenvalue weighted by Gasteiger charge is 2.25. The quantitative estimate of drug-likeness (QED) is 0.838. The maximum Gasteiger partial charge on any atom is 0.0110 e. The molecule has 1 saturated heterocycles. The van der Waals surface area contributed by atoms with Crippen LogP contribution in [0.5, 0.6) is 0 Å². The molecule has 15 heavy (non-hydrogen) atoms. The number of rotatable bonds is 3. The van der Waals surface area contributed by atoms with Gasteiger partial charge < -0.3 is 5.32 Å².